The lowest BCUT2D eigenvalue weighted by Crippen LogP contribution is -2.35. The van der Waals surface area contributed by atoms with Gasteiger partial charge in [0.25, 0.3) is 0 Å². The first-order valence-corrected chi connectivity index (χ1v) is 7.43. The van der Waals surface area contributed by atoms with Gasteiger partial charge in [-0.05, 0) is 39.0 Å². The summed E-state index contributed by atoms with van der Waals surface area (Å²) in [7, 11) is 0. The zero-order valence-corrected chi connectivity index (χ0v) is 11.5. The Hall–Kier alpha value is -0.900. The van der Waals surface area contributed by atoms with Crippen molar-refractivity contribution in [2.75, 3.05) is 0 Å². The van der Waals surface area contributed by atoms with E-state index in [9.17, 15) is 0 Å². The van der Waals surface area contributed by atoms with Crippen molar-refractivity contribution in [3.63, 3.8) is 0 Å². The highest BCUT2D eigenvalue weighted by Gasteiger charge is 2.26. The second kappa shape index (κ2) is 5.00. The number of hydrogen-bond acceptors (Lipinski definition) is 3. The van der Waals surface area contributed by atoms with Gasteiger partial charge in [-0.1, -0.05) is 12.8 Å². The van der Waals surface area contributed by atoms with Crippen molar-refractivity contribution in [1.82, 2.24) is 20.1 Å². The zero-order valence-electron chi connectivity index (χ0n) is 11.5. The first kappa shape index (κ1) is 12.2. The molecule has 1 aliphatic heterocycles. The van der Waals surface area contributed by atoms with E-state index in [4.69, 9.17) is 0 Å². The Labute approximate surface area is 109 Å². The summed E-state index contributed by atoms with van der Waals surface area (Å²) in [6.45, 7) is 5.65. The molecule has 3 rings (SSSR count). The van der Waals surface area contributed by atoms with E-state index in [1.807, 2.05) is 0 Å². The van der Waals surface area contributed by atoms with Crippen LogP contribution in [0.3, 0.4) is 0 Å². The lowest BCUT2D eigenvalue weighted by Gasteiger charge is -2.24. The number of aromatic nitrogens is 3. The van der Waals surface area contributed by atoms with Crippen LogP contribution in [0.2, 0.25) is 0 Å². The molecular formula is C14H24N4. The van der Waals surface area contributed by atoms with Crippen LogP contribution in [0.1, 0.15) is 63.6 Å². The summed E-state index contributed by atoms with van der Waals surface area (Å²) >= 11 is 0. The van der Waals surface area contributed by atoms with Crippen molar-refractivity contribution < 1.29 is 0 Å². The summed E-state index contributed by atoms with van der Waals surface area (Å²) in [6.07, 6.45) is 7.91. The van der Waals surface area contributed by atoms with E-state index in [2.05, 4.69) is 33.9 Å². The van der Waals surface area contributed by atoms with Crippen molar-refractivity contribution in [2.24, 2.45) is 5.92 Å². The van der Waals surface area contributed by atoms with Gasteiger partial charge in [0.05, 0.1) is 6.04 Å². The van der Waals surface area contributed by atoms with Crippen LogP contribution in [0.15, 0.2) is 0 Å². The van der Waals surface area contributed by atoms with Gasteiger partial charge < -0.3 is 9.88 Å². The molecule has 1 fully saturated rings. The topological polar surface area (TPSA) is 42.7 Å². The Morgan fingerprint density at radius 3 is 2.72 bits per heavy atom. The molecule has 1 N–H and O–H groups in total. The number of fused-ring (bicyclic) bond motifs is 1. The van der Waals surface area contributed by atoms with E-state index in [-0.39, 0.29) is 0 Å². The van der Waals surface area contributed by atoms with E-state index in [0.717, 1.165) is 24.7 Å². The number of nitrogens with zero attached hydrogens (tertiary/aromatic N) is 3. The van der Waals surface area contributed by atoms with Gasteiger partial charge in [0.2, 0.25) is 0 Å². The van der Waals surface area contributed by atoms with E-state index in [1.165, 1.54) is 37.9 Å². The SMILES string of the molecule is CC(NC(C)C1CCCC1)c1nnc2n1CCC2. The van der Waals surface area contributed by atoms with Crippen molar-refractivity contribution in [2.45, 2.75) is 71.0 Å². The van der Waals surface area contributed by atoms with Gasteiger partial charge in [-0.25, -0.2) is 0 Å². The van der Waals surface area contributed by atoms with Crippen LogP contribution in [-0.2, 0) is 13.0 Å². The summed E-state index contributed by atoms with van der Waals surface area (Å²) < 4.78 is 2.30. The fourth-order valence-electron chi connectivity index (χ4n) is 3.56. The fourth-order valence-corrected chi connectivity index (χ4v) is 3.56. The third-order valence-electron chi connectivity index (χ3n) is 4.65. The second-order valence-corrected chi connectivity index (χ2v) is 5.95. The highest BCUT2D eigenvalue weighted by molar-refractivity contribution is 5.04. The Morgan fingerprint density at radius 2 is 1.94 bits per heavy atom. The maximum atomic E-state index is 4.37. The van der Waals surface area contributed by atoms with Crippen molar-refractivity contribution in [3.8, 4) is 0 Å². The van der Waals surface area contributed by atoms with Gasteiger partial charge in [-0.2, -0.15) is 0 Å². The van der Waals surface area contributed by atoms with E-state index >= 15 is 0 Å². The van der Waals surface area contributed by atoms with E-state index in [0.29, 0.717) is 12.1 Å². The van der Waals surface area contributed by atoms with Crippen LogP contribution in [-0.4, -0.2) is 20.8 Å². The Kier molecular flexibility index (Phi) is 3.37. The minimum atomic E-state index is 0.319. The second-order valence-electron chi connectivity index (χ2n) is 5.95. The van der Waals surface area contributed by atoms with Crippen LogP contribution < -0.4 is 5.32 Å². The Morgan fingerprint density at radius 1 is 1.17 bits per heavy atom. The third kappa shape index (κ3) is 2.18. The minimum absolute atomic E-state index is 0.319. The largest absolute Gasteiger partial charge is 0.314 e. The highest BCUT2D eigenvalue weighted by Crippen LogP contribution is 2.29. The molecule has 4 heteroatoms. The summed E-state index contributed by atoms with van der Waals surface area (Å²) in [5, 5.41) is 12.4. The molecule has 0 saturated heterocycles. The van der Waals surface area contributed by atoms with Crippen LogP contribution in [0, 0.1) is 5.92 Å². The maximum absolute atomic E-state index is 4.37. The van der Waals surface area contributed by atoms with Crippen molar-refractivity contribution in [1.29, 1.82) is 0 Å². The van der Waals surface area contributed by atoms with Gasteiger partial charge in [-0.3, -0.25) is 0 Å². The van der Waals surface area contributed by atoms with Crippen molar-refractivity contribution >= 4 is 0 Å². The van der Waals surface area contributed by atoms with Crippen LogP contribution in [0.25, 0.3) is 0 Å². The third-order valence-corrected chi connectivity index (χ3v) is 4.65. The minimum Gasteiger partial charge on any atom is -0.314 e. The standard InChI is InChI=1S/C14H24N4/c1-10(12-6-3-4-7-12)15-11(2)14-17-16-13-8-5-9-18(13)14/h10-12,15H,3-9H2,1-2H3. The zero-order chi connectivity index (χ0) is 12.5. The monoisotopic (exact) mass is 248 g/mol. The van der Waals surface area contributed by atoms with Gasteiger partial charge in [0, 0.05) is 19.0 Å². The Bertz CT molecular complexity index is 406. The molecule has 1 aliphatic carbocycles. The molecule has 2 unspecified atom stereocenters. The van der Waals surface area contributed by atoms with E-state index in [1.54, 1.807) is 0 Å². The molecule has 18 heavy (non-hydrogen) atoms. The summed E-state index contributed by atoms with van der Waals surface area (Å²) in [5.41, 5.74) is 0. The van der Waals surface area contributed by atoms with Crippen LogP contribution in [0.4, 0.5) is 0 Å². The number of nitrogens with one attached hydrogen (secondary N) is 1. The molecule has 1 aromatic heterocycles. The molecule has 0 radical (unpaired) electrons. The molecule has 0 bridgehead atoms. The molecule has 2 atom stereocenters. The number of hydrogen-bond donors (Lipinski definition) is 1. The smallest absolute Gasteiger partial charge is 0.149 e. The first-order chi connectivity index (χ1) is 8.75. The van der Waals surface area contributed by atoms with Crippen molar-refractivity contribution in [3.05, 3.63) is 11.6 Å². The molecule has 100 valence electrons. The molecule has 0 amide bonds. The van der Waals surface area contributed by atoms with Gasteiger partial charge in [0.1, 0.15) is 11.6 Å². The maximum Gasteiger partial charge on any atom is 0.149 e. The first-order valence-electron chi connectivity index (χ1n) is 7.43. The molecule has 2 aliphatic rings. The van der Waals surface area contributed by atoms with Crippen LogP contribution in [0.5, 0.6) is 0 Å². The van der Waals surface area contributed by atoms with Gasteiger partial charge in [0.15, 0.2) is 0 Å². The molecule has 2 heterocycles. The molecule has 0 spiro atoms. The average molecular weight is 248 g/mol. The van der Waals surface area contributed by atoms with E-state index < -0.39 is 0 Å². The fraction of sp³-hybridized carbons (Fsp3) is 0.857. The lowest BCUT2D eigenvalue weighted by atomic mass is 9.99. The number of rotatable bonds is 4. The molecule has 0 aromatic carbocycles. The highest BCUT2D eigenvalue weighted by atomic mass is 15.3. The van der Waals surface area contributed by atoms with Gasteiger partial charge in [-0.15, -0.1) is 10.2 Å². The molecule has 1 aromatic rings. The molecule has 1 saturated carbocycles. The predicted octanol–water partition coefficient (Wildman–Crippen LogP) is 2.45. The summed E-state index contributed by atoms with van der Waals surface area (Å²) in [6, 6.07) is 0.914. The molecule has 4 nitrogen and oxygen atoms in total. The Balaban J connectivity index is 1.65. The quantitative estimate of drug-likeness (QED) is 0.890. The normalized spacial score (nSPS) is 23.2. The lowest BCUT2D eigenvalue weighted by molar-refractivity contribution is 0.342. The summed E-state index contributed by atoms with van der Waals surface area (Å²) in [5.74, 6) is 3.16. The number of aryl methyl sites for hydroxylation is 1. The molecular weight excluding hydrogens is 224 g/mol. The van der Waals surface area contributed by atoms with Crippen LogP contribution >= 0.6 is 0 Å². The average Bonchev–Trinajstić information content (AvgIpc) is 3.06. The summed E-state index contributed by atoms with van der Waals surface area (Å²) in [4.78, 5) is 0. The predicted molar refractivity (Wildman–Crippen MR) is 71.3 cm³/mol. The van der Waals surface area contributed by atoms with Gasteiger partial charge >= 0.3 is 0 Å².